The third-order valence-corrected chi connectivity index (χ3v) is 5.88. The van der Waals surface area contributed by atoms with Crippen molar-refractivity contribution in [3.8, 4) is 0 Å². The number of para-hydroxylation sites is 1. The molecule has 0 bridgehead atoms. The van der Waals surface area contributed by atoms with Crippen LogP contribution in [0.2, 0.25) is 0 Å². The highest BCUT2D eigenvalue weighted by Crippen LogP contribution is 2.50. The van der Waals surface area contributed by atoms with Crippen LogP contribution in [0.3, 0.4) is 0 Å². The maximum atomic E-state index is 13.4. The number of rotatable bonds is 2. The van der Waals surface area contributed by atoms with Crippen LogP contribution < -0.4 is 16.4 Å². The van der Waals surface area contributed by atoms with E-state index in [2.05, 4.69) is 5.32 Å². The monoisotopic (exact) mass is 371 g/mol. The van der Waals surface area contributed by atoms with Gasteiger partial charge in [0.05, 0.1) is 12.1 Å². The maximum absolute atomic E-state index is 13.4. The minimum Gasteiger partial charge on any atom is -0.369 e. The number of hydrogen-bond acceptors (Lipinski definition) is 4. The summed E-state index contributed by atoms with van der Waals surface area (Å²) >= 11 is 0. The molecule has 4 rings (SSSR count). The van der Waals surface area contributed by atoms with E-state index in [-0.39, 0.29) is 24.1 Å². The second-order valence-corrected chi connectivity index (χ2v) is 8.56. The number of carbonyl (C=O) groups is 4. The lowest BCUT2D eigenvalue weighted by Gasteiger charge is -2.33. The Morgan fingerprint density at radius 3 is 2.52 bits per heavy atom. The number of amides is 4. The Kier molecular flexibility index (Phi) is 3.52. The Balaban J connectivity index is 1.91. The highest BCUT2D eigenvalue weighted by atomic mass is 16.2. The number of imide groups is 1. The van der Waals surface area contributed by atoms with E-state index < -0.39 is 34.9 Å². The second kappa shape index (κ2) is 5.39. The van der Waals surface area contributed by atoms with Gasteiger partial charge in [-0.05, 0) is 26.8 Å². The predicted octanol–water partition coefficient (Wildman–Crippen LogP) is -0.945. The van der Waals surface area contributed by atoms with Crippen LogP contribution in [0.4, 0.5) is 5.69 Å². The molecule has 27 heavy (non-hydrogen) atoms. The van der Waals surface area contributed by atoms with Crippen LogP contribution in [-0.4, -0.2) is 40.1 Å². The lowest BCUT2D eigenvalue weighted by atomic mass is 9.76. The molecule has 0 aromatic heterocycles. The van der Waals surface area contributed by atoms with E-state index in [0.717, 1.165) is 0 Å². The van der Waals surface area contributed by atoms with Gasteiger partial charge in [0.1, 0.15) is 17.9 Å². The van der Waals surface area contributed by atoms with Gasteiger partial charge in [0.25, 0.3) is 5.91 Å². The summed E-state index contributed by atoms with van der Waals surface area (Å²) < 4.78 is 0. The van der Waals surface area contributed by atoms with Gasteiger partial charge in [-0.3, -0.25) is 24.1 Å². The Bertz CT molecular complexity index is 890. The molecule has 8 heteroatoms. The molecule has 0 aliphatic carbocycles. The van der Waals surface area contributed by atoms with Gasteiger partial charge in [-0.15, -0.1) is 0 Å². The zero-order valence-electron chi connectivity index (χ0n) is 15.5. The van der Waals surface area contributed by atoms with Gasteiger partial charge in [-0.1, -0.05) is 18.2 Å². The SMILES string of the molecule is CC(C)(C)N1C(=O)[C@H]2[C@@H](C1=O)[C@]1([NH2+][C@@H]2CC(N)=O)C(=O)Nc2ccccc21. The average Bonchev–Trinajstić information content (AvgIpc) is 3.12. The molecule has 0 unspecified atom stereocenters. The quantitative estimate of drug-likeness (QED) is 0.580. The smallest absolute Gasteiger partial charge is 0.291 e. The van der Waals surface area contributed by atoms with Crippen molar-refractivity contribution < 1.29 is 24.5 Å². The van der Waals surface area contributed by atoms with Gasteiger partial charge >= 0.3 is 0 Å². The molecule has 3 aliphatic rings. The van der Waals surface area contributed by atoms with Crippen molar-refractivity contribution in [1.82, 2.24) is 4.90 Å². The standard InChI is InChI=1S/C19H22N4O4/c1-18(2,3)23-15(25)13-11(8-12(20)24)22-19(14(13)16(23)26)9-6-4-5-7-10(9)21-17(19)27/h4-7,11,13-14,22H,8H2,1-3H3,(H2,20,24)(H,21,27)/p+1/t11-,13-,14+,19+/m1/s1. The van der Waals surface area contributed by atoms with Crippen LogP contribution in [0.1, 0.15) is 32.8 Å². The second-order valence-electron chi connectivity index (χ2n) is 8.56. The molecule has 8 nitrogen and oxygen atoms in total. The van der Waals surface area contributed by atoms with Crippen molar-refractivity contribution in [2.75, 3.05) is 5.32 Å². The molecule has 2 fully saturated rings. The summed E-state index contributed by atoms with van der Waals surface area (Å²) in [5.74, 6) is -3.23. The first kappa shape index (κ1) is 17.7. The van der Waals surface area contributed by atoms with E-state index in [0.29, 0.717) is 11.3 Å². The van der Waals surface area contributed by atoms with Crippen LogP contribution in [0, 0.1) is 11.8 Å². The third kappa shape index (κ3) is 2.19. The highest BCUT2D eigenvalue weighted by Gasteiger charge is 2.75. The highest BCUT2D eigenvalue weighted by molar-refractivity contribution is 6.14. The van der Waals surface area contributed by atoms with E-state index >= 15 is 0 Å². The molecule has 0 saturated carbocycles. The molecular formula is C19H23N4O4+. The molecule has 3 heterocycles. The Morgan fingerprint density at radius 1 is 1.22 bits per heavy atom. The summed E-state index contributed by atoms with van der Waals surface area (Å²) in [5.41, 5.74) is 4.74. The Morgan fingerprint density at radius 2 is 1.89 bits per heavy atom. The van der Waals surface area contributed by atoms with Gasteiger partial charge in [0.15, 0.2) is 0 Å². The molecule has 4 amide bonds. The summed E-state index contributed by atoms with van der Waals surface area (Å²) in [6.45, 7) is 5.35. The number of primary amides is 1. The van der Waals surface area contributed by atoms with Crippen molar-refractivity contribution in [3.63, 3.8) is 0 Å². The summed E-state index contributed by atoms with van der Waals surface area (Å²) in [4.78, 5) is 52.6. The number of nitrogens with zero attached hydrogens (tertiary/aromatic N) is 1. The zero-order valence-corrected chi connectivity index (χ0v) is 15.5. The van der Waals surface area contributed by atoms with Gasteiger partial charge in [0.2, 0.25) is 23.3 Å². The number of hydrogen-bond donors (Lipinski definition) is 3. The molecule has 4 atom stereocenters. The minimum absolute atomic E-state index is 0.0740. The fourth-order valence-corrected chi connectivity index (χ4v) is 5.00. The summed E-state index contributed by atoms with van der Waals surface area (Å²) in [5, 5.41) is 4.55. The normalized spacial score (nSPS) is 32.0. The van der Waals surface area contributed by atoms with E-state index in [4.69, 9.17) is 5.73 Å². The first-order valence-corrected chi connectivity index (χ1v) is 9.02. The van der Waals surface area contributed by atoms with Gasteiger partial charge < -0.3 is 16.4 Å². The first-order chi connectivity index (χ1) is 12.6. The fourth-order valence-electron chi connectivity index (χ4n) is 5.00. The Labute approximate surface area is 156 Å². The largest absolute Gasteiger partial charge is 0.369 e. The van der Waals surface area contributed by atoms with E-state index in [1.54, 1.807) is 50.4 Å². The molecule has 0 radical (unpaired) electrons. The van der Waals surface area contributed by atoms with Gasteiger partial charge in [-0.2, -0.15) is 0 Å². The van der Waals surface area contributed by atoms with Crippen molar-refractivity contribution in [2.24, 2.45) is 17.6 Å². The van der Waals surface area contributed by atoms with Crippen molar-refractivity contribution >= 4 is 29.3 Å². The number of nitrogens with two attached hydrogens (primary N) is 2. The molecule has 3 aliphatic heterocycles. The average molecular weight is 371 g/mol. The van der Waals surface area contributed by atoms with E-state index in [1.165, 1.54) is 4.90 Å². The summed E-state index contributed by atoms with van der Waals surface area (Å²) in [6.07, 6.45) is -0.0740. The molecule has 1 spiro atoms. The Hall–Kier alpha value is -2.74. The van der Waals surface area contributed by atoms with Gasteiger partial charge in [0, 0.05) is 11.1 Å². The lowest BCUT2D eigenvalue weighted by molar-refractivity contribution is -0.732. The van der Waals surface area contributed by atoms with Gasteiger partial charge in [-0.25, -0.2) is 0 Å². The number of nitrogens with one attached hydrogen (secondary N) is 1. The van der Waals surface area contributed by atoms with Crippen molar-refractivity contribution in [2.45, 2.75) is 44.3 Å². The van der Waals surface area contributed by atoms with Crippen LogP contribution in [0.5, 0.6) is 0 Å². The number of carbonyl (C=O) groups excluding carboxylic acids is 4. The van der Waals surface area contributed by atoms with Crippen molar-refractivity contribution in [1.29, 1.82) is 0 Å². The number of quaternary nitrogens is 1. The fraction of sp³-hybridized carbons (Fsp3) is 0.474. The summed E-state index contributed by atoms with van der Waals surface area (Å²) in [7, 11) is 0. The molecule has 2 saturated heterocycles. The molecule has 142 valence electrons. The summed E-state index contributed by atoms with van der Waals surface area (Å²) in [6, 6.07) is 6.61. The van der Waals surface area contributed by atoms with Crippen LogP contribution in [-0.2, 0) is 24.7 Å². The first-order valence-electron chi connectivity index (χ1n) is 9.02. The maximum Gasteiger partial charge on any atom is 0.291 e. The zero-order chi connectivity index (χ0) is 19.7. The van der Waals surface area contributed by atoms with E-state index in [1.807, 2.05) is 0 Å². The molecule has 5 N–H and O–H groups in total. The van der Waals surface area contributed by atoms with Crippen molar-refractivity contribution in [3.05, 3.63) is 29.8 Å². The predicted molar refractivity (Wildman–Crippen MR) is 94.9 cm³/mol. The third-order valence-electron chi connectivity index (χ3n) is 5.88. The van der Waals surface area contributed by atoms with Crippen LogP contribution >= 0.6 is 0 Å². The number of likely N-dealkylation sites (tertiary alicyclic amines) is 1. The minimum atomic E-state index is -1.26. The number of benzene rings is 1. The van der Waals surface area contributed by atoms with E-state index in [9.17, 15) is 19.2 Å². The topological polar surface area (TPSA) is 126 Å². The number of fused-ring (bicyclic) bond motifs is 4. The molecule has 1 aromatic rings. The van der Waals surface area contributed by atoms with Crippen LogP contribution in [0.15, 0.2) is 24.3 Å². The lowest BCUT2D eigenvalue weighted by Crippen LogP contribution is -2.99. The molecule has 1 aromatic carbocycles. The molecular weight excluding hydrogens is 348 g/mol. The van der Waals surface area contributed by atoms with Crippen LogP contribution in [0.25, 0.3) is 0 Å². The number of anilines is 1.